The van der Waals surface area contributed by atoms with Gasteiger partial charge >= 0.3 is 0 Å². The van der Waals surface area contributed by atoms with E-state index >= 15 is 0 Å². The van der Waals surface area contributed by atoms with Gasteiger partial charge < -0.3 is 36.4 Å². The molecule has 4 aliphatic rings. The first-order valence-corrected chi connectivity index (χ1v) is 12.2. The maximum Gasteiger partial charge on any atom is 0.251 e. The first-order chi connectivity index (χ1) is 17.3. The van der Waals surface area contributed by atoms with E-state index in [2.05, 4.69) is 21.3 Å². The average molecular weight is 513 g/mol. The van der Waals surface area contributed by atoms with Crippen molar-refractivity contribution in [3.8, 4) is 0 Å². The summed E-state index contributed by atoms with van der Waals surface area (Å²) in [4.78, 5) is 40.1. The highest BCUT2D eigenvalue weighted by Gasteiger charge is 2.74. The molecule has 4 saturated heterocycles. The molecule has 4 heterocycles. The van der Waals surface area contributed by atoms with E-state index in [0.717, 1.165) is 10.5 Å². The number of nitrogens with one attached hydrogen (secondary N) is 6. The molecule has 8 N–H and O–H groups in total. The van der Waals surface area contributed by atoms with Gasteiger partial charge in [0, 0.05) is 24.9 Å². The number of benzene rings is 1. The van der Waals surface area contributed by atoms with Gasteiger partial charge in [-0.1, -0.05) is 32.9 Å². The van der Waals surface area contributed by atoms with Crippen LogP contribution in [0, 0.1) is 10.8 Å². The number of carbonyl (C=O) groups is 3. The molecule has 4 atom stereocenters. The minimum Gasteiger partial charge on any atom is -0.361 e. The topological polar surface area (TPSA) is 194 Å². The number of rotatable bonds is 4. The van der Waals surface area contributed by atoms with Crippen molar-refractivity contribution >= 4 is 29.6 Å². The number of aliphatic hydroxyl groups is 2. The van der Waals surface area contributed by atoms with Gasteiger partial charge in [0.25, 0.3) is 5.91 Å². The van der Waals surface area contributed by atoms with Gasteiger partial charge in [-0.05, 0) is 23.1 Å². The molecule has 0 saturated carbocycles. The molecule has 4 fully saturated rings. The van der Waals surface area contributed by atoms with Crippen molar-refractivity contribution < 1.29 is 24.6 Å². The summed E-state index contributed by atoms with van der Waals surface area (Å²) in [6.07, 6.45) is 0.196. The Balaban J connectivity index is 1.44. The molecule has 1 spiro atoms. The van der Waals surface area contributed by atoms with Crippen molar-refractivity contribution in [1.82, 2.24) is 31.1 Å². The second kappa shape index (κ2) is 8.15. The number of nitrogens with zero attached hydrogens (tertiary/aromatic N) is 2. The van der Waals surface area contributed by atoms with E-state index in [9.17, 15) is 24.6 Å². The third kappa shape index (κ3) is 3.72. The maximum atomic E-state index is 13.2. The number of imide groups is 1. The summed E-state index contributed by atoms with van der Waals surface area (Å²) in [5, 5.41) is 51.2. The van der Waals surface area contributed by atoms with Gasteiger partial charge in [0.15, 0.2) is 17.6 Å². The fourth-order valence-corrected chi connectivity index (χ4v) is 5.72. The van der Waals surface area contributed by atoms with E-state index in [1.807, 2.05) is 26.8 Å². The van der Waals surface area contributed by atoms with Crippen LogP contribution in [0.1, 0.15) is 49.5 Å². The summed E-state index contributed by atoms with van der Waals surface area (Å²) in [5.74, 6) is -4.25. The molecule has 4 aliphatic heterocycles. The van der Waals surface area contributed by atoms with Crippen LogP contribution in [0.25, 0.3) is 0 Å². The van der Waals surface area contributed by atoms with Gasteiger partial charge in [-0.25, -0.2) is 0 Å². The Morgan fingerprint density at radius 1 is 1.16 bits per heavy atom. The Kier molecular flexibility index (Phi) is 5.50. The van der Waals surface area contributed by atoms with Gasteiger partial charge in [0.2, 0.25) is 17.6 Å². The standard InChI is InChI=1S/C24H32N8O5/c1-22(2,3)13-6-4-5-12(9-13)19(35)28-15-11-32-21(26)27-14(10-31-16(33)7-8-17(31)34)18-23(32,24(15,36)37)30-20(25)29-18/h4-6,9,14-15,18,36-37H,7-8,10-11H2,1-3H3,(H2,26,27)(H,28,35)(H3,25,29,30)/t14-,15?,18-,23-/m0/s1. The summed E-state index contributed by atoms with van der Waals surface area (Å²) >= 11 is 0. The fourth-order valence-electron chi connectivity index (χ4n) is 5.72. The molecule has 0 radical (unpaired) electrons. The van der Waals surface area contributed by atoms with Gasteiger partial charge in [0.05, 0.1) is 18.6 Å². The summed E-state index contributed by atoms with van der Waals surface area (Å²) in [7, 11) is 0. The van der Waals surface area contributed by atoms with E-state index < -0.39 is 35.5 Å². The molecule has 5 rings (SSSR count). The summed E-state index contributed by atoms with van der Waals surface area (Å²) in [5.41, 5.74) is -0.711. The Morgan fingerprint density at radius 3 is 2.49 bits per heavy atom. The van der Waals surface area contributed by atoms with Gasteiger partial charge in [-0.2, -0.15) is 0 Å². The first kappa shape index (κ1) is 25.0. The van der Waals surface area contributed by atoms with Gasteiger partial charge in [-0.3, -0.25) is 30.1 Å². The fraction of sp³-hybridized carbons (Fsp3) is 0.542. The lowest BCUT2D eigenvalue weighted by Crippen LogP contribution is -2.81. The Morgan fingerprint density at radius 2 is 1.84 bits per heavy atom. The Hall–Kier alpha value is -3.71. The zero-order valence-corrected chi connectivity index (χ0v) is 20.9. The van der Waals surface area contributed by atoms with Crippen molar-refractivity contribution in [3.05, 3.63) is 35.4 Å². The molecule has 3 amide bonds. The Bertz CT molecular complexity index is 1190. The van der Waals surface area contributed by atoms with Crippen molar-refractivity contribution in [3.63, 3.8) is 0 Å². The van der Waals surface area contributed by atoms with Crippen molar-refractivity contribution in [2.24, 2.45) is 0 Å². The summed E-state index contributed by atoms with van der Waals surface area (Å²) < 4.78 is 0. The van der Waals surface area contributed by atoms with Gasteiger partial charge in [-0.15, -0.1) is 0 Å². The molecular weight excluding hydrogens is 480 g/mol. The van der Waals surface area contributed by atoms with Gasteiger partial charge in [0.1, 0.15) is 6.04 Å². The number of hydrogen-bond acceptors (Lipinski definition) is 7. The lowest BCUT2D eigenvalue weighted by molar-refractivity contribution is -0.232. The normalized spacial score (nSPS) is 30.5. The van der Waals surface area contributed by atoms with Crippen molar-refractivity contribution in [1.29, 1.82) is 10.8 Å². The van der Waals surface area contributed by atoms with Crippen LogP contribution < -0.4 is 21.3 Å². The van der Waals surface area contributed by atoms with Crippen LogP contribution in [0.15, 0.2) is 24.3 Å². The molecular formula is C24H32N8O5. The smallest absolute Gasteiger partial charge is 0.251 e. The highest BCUT2D eigenvalue weighted by Crippen LogP contribution is 2.43. The zero-order chi connectivity index (χ0) is 26.9. The third-order valence-corrected chi connectivity index (χ3v) is 7.73. The van der Waals surface area contributed by atoms with Crippen LogP contribution >= 0.6 is 0 Å². The molecule has 198 valence electrons. The number of likely N-dealkylation sites (tertiary alicyclic amines) is 1. The highest BCUT2D eigenvalue weighted by atomic mass is 16.5. The molecule has 13 heteroatoms. The molecule has 1 aromatic carbocycles. The minimum absolute atomic E-state index is 0.0981. The predicted octanol–water partition coefficient (Wildman–Crippen LogP) is -1.67. The maximum absolute atomic E-state index is 13.2. The van der Waals surface area contributed by atoms with E-state index in [1.54, 1.807) is 18.2 Å². The van der Waals surface area contributed by atoms with Crippen molar-refractivity contribution in [2.75, 3.05) is 13.1 Å². The van der Waals surface area contributed by atoms with Crippen LogP contribution in [0.4, 0.5) is 0 Å². The van der Waals surface area contributed by atoms with E-state index in [4.69, 9.17) is 10.8 Å². The van der Waals surface area contributed by atoms with Crippen LogP contribution in [-0.4, -0.2) is 92.3 Å². The number of amides is 3. The Labute approximate surface area is 213 Å². The van der Waals surface area contributed by atoms with Crippen LogP contribution in [0.5, 0.6) is 0 Å². The molecule has 0 aliphatic carbocycles. The largest absolute Gasteiger partial charge is 0.361 e. The zero-order valence-electron chi connectivity index (χ0n) is 20.9. The number of hydrogen-bond donors (Lipinski definition) is 8. The lowest BCUT2D eigenvalue weighted by atomic mass is 9.84. The van der Waals surface area contributed by atoms with Crippen LogP contribution in [0.3, 0.4) is 0 Å². The molecule has 0 aromatic heterocycles. The molecule has 0 bridgehead atoms. The SMILES string of the molecule is CC(C)(C)c1cccc(C(=O)NC2CN3C(=N)N[C@@H](CN4C(=O)CCC4=O)[C@@H]4NC(=N)N[C@@]43C2(O)O)c1. The molecule has 13 nitrogen and oxygen atoms in total. The van der Waals surface area contributed by atoms with E-state index in [0.29, 0.717) is 5.56 Å². The second-order valence-electron chi connectivity index (χ2n) is 11.1. The van der Waals surface area contributed by atoms with Crippen molar-refractivity contribution in [2.45, 2.75) is 68.6 Å². The number of carbonyl (C=O) groups excluding carboxylic acids is 3. The summed E-state index contributed by atoms with van der Waals surface area (Å²) in [6.45, 7) is 5.81. The highest BCUT2D eigenvalue weighted by molar-refractivity contribution is 6.02. The van der Waals surface area contributed by atoms with E-state index in [1.165, 1.54) is 4.90 Å². The first-order valence-electron chi connectivity index (χ1n) is 12.2. The summed E-state index contributed by atoms with van der Waals surface area (Å²) in [6, 6.07) is 4.10. The lowest BCUT2D eigenvalue weighted by Gasteiger charge is -2.51. The number of guanidine groups is 2. The monoisotopic (exact) mass is 512 g/mol. The molecule has 1 aromatic rings. The van der Waals surface area contributed by atoms with E-state index in [-0.39, 0.29) is 55.1 Å². The second-order valence-corrected chi connectivity index (χ2v) is 11.1. The minimum atomic E-state index is -2.64. The predicted molar refractivity (Wildman–Crippen MR) is 131 cm³/mol. The quantitative estimate of drug-likeness (QED) is 0.172. The molecule has 1 unspecified atom stereocenters. The molecule has 37 heavy (non-hydrogen) atoms. The van der Waals surface area contributed by atoms with Crippen LogP contribution in [0.2, 0.25) is 0 Å². The van der Waals surface area contributed by atoms with Crippen LogP contribution in [-0.2, 0) is 15.0 Å². The average Bonchev–Trinajstić information content (AvgIpc) is 3.41. The third-order valence-electron chi connectivity index (χ3n) is 7.73.